The Morgan fingerprint density at radius 2 is 2.00 bits per heavy atom. The number of ether oxygens (including phenoxy) is 2. The van der Waals surface area contributed by atoms with Gasteiger partial charge in [0.25, 0.3) is 0 Å². The molecule has 18 heavy (non-hydrogen) atoms. The van der Waals surface area contributed by atoms with Gasteiger partial charge in [-0.05, 0) is 20.8 Å². The maximum Gasteiger partial charge on any atom is 0.413 e. The van der Waals surface area contributed by atoms with Crippen molar-refractivity contribution < 1.29 is 24.2 Å². The van der Waals surface area contributed by atoms with Gasteiger partial charge in [-0.1, -0.05) is 11.3 Å². The molecule has 0 bridgehead atoms. The Morgan fingerprint density at radius 3 is 2.39 bits per heavy atom. The summed E-state index contributed by atoms with van der Waals surface area (Å²) in [6.45, 7) is 5.16. The average molecular weight is 274 g/mol. The minimum Gasteiger partial charge on any atom is -0.485 e. The second-order valence-electron chi connectivity index (χ2n) is 4.29. The fraction of sp³-hybridized carbons (Fsp3) is 0.500. The van der Waals surface area contributed by atoms with Crippen molar-refractivity contribution >= 4 is 28.5 Å². The van der Waals surface area contributed by atoms with Crippen LogP contribution >= 0.6 is 11.3 Å². The summed E-state index contributed by atoms with van der Waals surface area (Å²) in [7, 11) is 1.33. The molecule has 0 saturated carbocycles. The minimum absolute atomic E-state index is 0.110. The number of rotatable bonds is 3. The zero-order chi connectivity index (χ0) is 13.9. The standard InChI is InChI=1S/C10H14N2O5S/c1-10(2,3)17-9(15)12-8-11-5(6(13)14)7(16-4)18-8/h1-4H3,(H,13,14)(H,11,12,15). The molecule has 0 atom stereocenters. The van der Waals surface area contributed by atoms with Crippen LogP contribution in [0, 0.1) is 0 Å². The molecular weight excluding hydrogens is 260 g/mol. The summed E-state index contributed by atoms with van der Waals surface area (Å²) in [6, 6.07) is 0. The van der Waals surface area contributed by atoms with Gasteiger partial charge in [-0.2, -0.15) is 0 Å². The molecule has 100 valence electrons. The molecule has 2 N–H and O–H groups in total. The van der Waals surface area contributed by atoms with Crippen LogP contribution in [0.4, 0.5) is 9.93 Å². The van der Waals surface area contributed by atoms with Crippen molar-refractivity contribution in [1.82, 2.24) is 4.98 Å². The minimum atomic E-state index is -1.22. The number of methoxy groups -OCH3 is 1. The first kappa shape index (κ1) is 14.2. The molecule has 1 amide bonds. The van der Waals surface area contributed by atoms with Gasteiger partial charge in [0.15, 0.2) is 5.13 Å². The number of amides is 1. The smallest absolute Gasteiger partial charge is 0.413 e. The summed E-state index contributed by atoms with van der Waals surface area (Å²) in [5, 5.41) is 11.4. The van der Waals surface area contributed by atoms with Crippen LogP contribution in [0.3, 0.4) is 0 Å². The third-order valence-electron chi connectivity index (χ3n) is 1.59. The molecule has 0 aromatic carbocycles. The molecule has 0 aliphatic rings. The van der Waals surface area contributed by atoms with Crippen LogP contribution in [0.2, 0.25) is 0 Å². The Hall–Kier alpha value is -1.83. The molecule has 0 spiro atoms. The van der Waals surface area contributed by atoms with E-state index in [1.807, 2.05) is 0 Å². The molecule has 1 rings (SSSR count). The molecule has 1 heterocycles. The fourth-order valence-electron chi connectivity index (χ4n) is 1.02. The molecular formula is C10H14N2O5S. The van der Waals surface area contributed by atoms with Crippen LogP contribution in [-0.2, 0) is 4.74 Å². The van der Waals surface area contributed by atoms with E-state index in [-0.39, 0.29) is 15.9 Å². The quantitative estimate of drug-likeness (QED) is 0.876. The Bertz CT molecular complexity index is 463. The molecule has 0 radical (unpaired) electrons. The highest BCUT2D eigenvalue weighted by molar-refractivity contribution is 7.17. The first-order chi connectivity index (χ1) is 8.23. The van der Waals surface area contributed by atoms with Gasteiger partial charge < -0.3 is 14.6 Å². The zero-order valence-electron chi connectivity index (χ0n) is 10.4. The van der Waals surface area contributed by atoms with E-state index in [4.69, 9.17) is 14.6 Å². The van der Waals surface area contributed by atoms with E-state index in [0.29, 0.717) is 0 Å². The van der Waals surface area contributed by atoms with E-state index in [1.165, 1.54) is 7.11 Å². The molecule has 0 aliphatic carbocycles. The van der Waals surface area contributed by atoms with Gasteiger partial charge in [0.2, 0.25) is 10.8 Å². The number of aromatic nitrogens is 1. The number of hydrogen-bond donors (Lipinski definition) is 2. The second-order valence-corrected chi connectivity index (χ2v) is 5.25. The lowest BCUT2D eigenvalue weighted by Crippen LogP contribution is -2.27. The van der Waals surface area contributed by atoms with E-state index in [9.17, 15) is 9.59 Å². The van der Waals surface area contributed by atoms with Gasteiger partial charge >= 0.3 is 12.1 Å². The number of hydrogen-bond acceptors (Lipinski definition) is 6. The van der Waals surface area contributed by atoms with Gasteiger partial charge in [-0.3, -0.25) is 5.32 Å². The number of carboxylic acids is 1. The Balaban J connectivity index is 2.80. The Morgan fingerprint density at radius 1 is 1.39 bits per heavy atom. The molecule has 0 unspecified atom stereocenters. The van der Waals surface area contributed by atoms with E-state index in [2.05, 4.69) is 10.3 Å². The lowest BCUT2D eigenvalue weighted by atomic mass is 10.2. The molecule has 1 aromatic rings. The average Bonchev–Trinajstić information content (AvgIpc) is 2.57. The highest BCUT2D eigenvalue weighted by Gasteiger charge is 2.21. The van der Waals surface area contributed by atoms with Crippen molar-refractivity contribution in [2.24, 2.45) is 0 Å². The molecule has 7 nitrogen and oxygen atoms in total. The van der Waals surface area contributed by atoms with Gasteiger partial charge in [0.05, 0.1) is 7.11 Å². The van der Waals surface area contributed by atoms with Crippen LogP contribution in [0.1, 0.15) is 31.3 Å². The summed E-state index contributed by atoms with van der Waals surface area (Å²) < 4.78 is 9.87. The monoisotopic (exact) mass is 274 g/mol. The highest BCUT2D eigenvalue weighted by atomic mass is 32.1. The zero-order valence-corrected chi connectivity index (χ0v) is 11.3. The summed E-state index contributed by atoms with van der Waals surface area (Å²) >= 11 is 0.916. The molecule has 1 aromatic heterocycles. The topological polar surface area (TPSA) is 97.8 Å². The third kappa shape index (κ3) is 3.88. The summed E-state index contributed by atoms with van der Waals surface area (Å²) in [4.78, 5) is 26.0. The van der Waals surface area contributed by atoms with Gasteiger partial charge in [-0.15, -0.1) is 0 Å². The first-order valence-corrected chi connectivity index (χ1v) is 5.82. The van der Waals surface area contributed by atoms with Crippen molar-refractivity contribution in [2.75, 3.05) is 12.4 Å². The normalized spacial score (nSPS) is 10.9. The van der Waals surface area contributed by atoms with E-state index >= 15 is 0 Å². The number of anilines is 1. The Labute approximate surface area is 108 Å². The fourth-order valence-corrected chi connectivity index (χ4v) is 1.78. The van der Waals surface area contributed by atoms with E-state index in [1.54, 1.807) is 20.8 Å². The number of nitrogens with one attached hydrogen (secondary N) is 1. The molecule has 0 aliphatic heterocycles. The Kier molecular flexibility index (Phi) is 4.12. The van der Waals surface area contributed by atoms with Gasteiger partial charge in [-0.25, -0.2) is 14.6 Å². The number of carbonyl (C=O) groups is 2. The van der Waals surface area contributed by atoms with Crippen LogP contribution in [-0.4, -0.2) is 34.9 Å². The van der Waals surface area contributed by atoms with Crippen LogP contribution < -0.4 is 10.1 Å². The molecule has 0 fully saturated rings. The largest absolute Gasteiger partial charge is 0.485 e. The number of carboxylic acid groups (broad SMARTS) is 1. The molecule has 8 heteroatoms. The predicted octanol–water partition coefficient (Wildman–Crippen LogP) is 2.20. The number of carbonyl (C=O) groups excluding carboxylic acids is 1. The van der Waals surface area contributed by atoms with Crippen LogP contribution in [0.15, 0.2) is 0 Å². The van der Waals surface area contributed by atoms with Gasteiger partial charge in [0, 0.05) is 0 Å². The molecule has 0 saturated heterocycles. The maximum atomic E-state index is 11.5. The lowest BCUT2D eigenvalue weighted by molar-refractivity contribution is 0.0631. The number of thiazole rings is 1. The van der Waals surface area contributed by atoms with Crippen molar-refractivity contribution in [1.29, 1.82) is 0 Å². The van der Waals surface area contributed by atoms with E-state index < -0.39 is 17.7 Å². The SMILES string of the molecule is COc1sc(NC(=O)OC(C)(C)C)nc1C(=O)O. The summed E-state index contributed by atoms with van der Waals surface area (Å²) in [5.41, 5.74) is -0.880. The number of nitrogens with zero attached hydrogens (tertiary/aromatic N) is 1. The first-order valence-electron chi connectivity index (χ1n) is 5.01. The number of aromatic carboxylic acids is 1. The van der Waals surface area contributed by atoms with Crippen molar-refractivity contribution in [2.45, 2.75) is 26.4 Å². The summed E-state index contributed by atoms with van der Waals surface area (Å²) in [6.07, 6.45) is -0.698. The summed E-state index contributed by atoms with van der Waals surface area (Å²) in [5.74, 6) is -1.22. The van der Waals surface area contributed by atoms with Crippen LogP contribution in [0.5, 0.6) is 5.06 Å². The van der Waals surface area contributed by atoms with Crippen molar-refractivity contribution in [3.8, 4) is 5.06 Å². The van der Waals surface area contributed by atoms with Gasteiger partial charge in [0.1, 0.15) is 5.60 Å². The maximum absolute atomic E-state index is 11.5. The predicted molar refractivity (Wildman–Crippen MR) is 65.5 cm³/mol. The van der Waals surface area contributed by atoms with Crippen LogP contribution in [0.25, 0.3) is 0 Å². The van der Waals surface area contributed by atoms with Crippen molar-refractivity contribution in [3.05, 3.63) is 5.69 Å². The third-order valence-corrected chi connectivity index (χ3v) is 2.52. The lowest BCUT2D eigenvalue weighted by Gasteiger charge is -2.18. The highest BCUT2D eigenvalue weighted by Crippen LogP contribution is 2.30. The van der Waals surface area contributed by atoms with E-state index in [0.717, 1.165) is 11.3 Å². The van der Waals surface area contributed by atoms with Crippen molar-refractivity contribution in [3.63, 3.8) is 0 Å². The second kappa shape index (κ2) is 5.21.